The summed E-state index contributed by atoms with van der Waals surface area (Å²) >= 11 is 11.9. The molecule has 0 bridgehead atoms. The highest BCUT2D eigenvalue weighted by atomic mass is 35.5. The van der Waals surface area contributed by atoms with Crippen LogP contribution in [0.2, 0.25) is 10.0 Å². The average Bonchev–Trinajstić information content (AvgIpc) is 2.69. The molecule has 150 valence electrons. The van der Waals surface area contributed by atoms with Crippen LogP contribution in [0.15, 0.2) is 53.4 Å². The first-order valence-corrected chi connectivity index (χ1v) is 11.0. The van der Waals surface area contributed by atoms with Crippen LogP contribution in [-0.2, 0) is 26.0 Å². The maximum Gasteiger partial charge on any atom is 0.250 e. The molecule has 6 nitrogen and oxygen atoms in total. The number of rotatable bonds is 6. The summed E-state index contributed by atoms with van der Waals surface area (Å²) in [5, 5.41) is 3.60. The lowest BCUT2D eigenvalue weighted by Gasteiger charge is -2.31. The van der Waals surface area contributed by atoms with E-state index in [0.29, 0.717) is 18.0 Å². The zero-order valence-corrected chi connectivity index (χ0v) is 17.3. The number of nitrogens with zero attached hydrogens (tertiary/aromatic N) is 1. The molecule has 1 aliphatic rings. The number of benzene rings is 2. The highest BCUT2D eigenvalue weighted by Crippen LogP contribution is 2.25. The van der Waals surface area contributed by atoms with Crippen LogP contribution in [0.4, 0.5) is 0 Å². The second-order valence-corrected chi connectivity index (χ2v) is 9.07. The van der Waals surface area contributed by atoms with Gasteiger partial charge in [0.15, 0.2) is 0 Å². The Morgan fingerprint density at radius 3 is 2.57 bits per heavy atom. The van der Waals surface area contributed by atoms with Gasteiger partial charge < -0.3 is 10.1 Å². The fraction of sp³-hybridized carbons (Fsp3) is 0.316. The number of amides is 1. The Hall–Kier alpha value is -1.64. The Labute approximate surface area is 174 Å². The van der Waals surface area contributed by atoms with E-state index in [2.05, 4.69) is 5.32 Å². The van der Waals surface area contributed by atoms with Crippen molar-refractivity contribution in [3.05, 3.63) is 64.1 Å². The van der Waals surface area contributed by atoms with Gasteiger partial charge in [-0.3, -0.25) is 4.79 Å². The smallest absolute Gasteiger partial charge is 0.250 e. The first kappa shape index (κ1) is 21.1. The van der Waals surface area contributed by atoms with Gasteiger partial charge in [-0.2, -0.15) is 4.31 Å². The van der Waals surface area contributed by atoms with E-state index in [0.717, 1.165) is 5.56 Å². The number of morpholine rings is 1. The molecule has 1 aliphatic heterocycles. The lowest BCUT2D eigenvalue weighted by molar-refractivity contribution is -0.136. The van der Waals surface area contributed by atoms with Gasteiger partial charge >= 0.3 is 0 Å². The number of hydrogen-bond acceptors (Lipinski definition) is 4. The zero-order chi connectivity index (χ0) is 20.1. The molecule has 0 saturated carbocycles. The van der Waals surface area contributed by atoms with Crippen molar-refractivity contribution in [2.75, 3.05) is 26.2 Å². The molecular weight excluding hydrogens is 423 g/mol. The van der Waals surface area contributed by atoms with Crippen molar-refractivity contribution in [3.8, 4) is 0 Å². The van der Waals surface area contributed by atoms with E-state index in [-0.39, 0.29) is 35.5 Å². The van der Waals surface area contributed by atoms with Gasteiger partial charge in [-0.15, -0.1) is 0 Å². The molecule has 1 amide bonds. The lowest BCUT2D eigenvalue weighted by atomic mass is 10.1. The minimum Gasteiger partial charge on any atom is -0.366 e. The van der Waals surface area contributed by atoms with Crippen LogP contribution in [-0.4, -0.2) is 51.0 Å². The number of carbonyl (C=O) groups excluding carboxylic acids is 1. The minimum absolute atomic E-state index is 0.0282. The summed E-state index contributed by atoms with van der Waals surface area (Å²) in [5.41, 5.74) is 1.04. The summed E-state index contributed by atoms with van der Waals surface area (Å²) in [6, 6.07) is 13.6. The largest absolute Gasteiger partial charge is 0.366 e. The van der Waals surface area contributed by atoms with E-state index in [1.807, 2.05) is 12.1 Å². The maximum absolute atomic E-state index is 12.8. The predicted molar refractivity (Wildman–Crippen MR) is 108 cm³/mol. The standard InChI is InChI=1S/C19H20Cl2N2O4S/c20-15-7-5-14(6-8-15)9-10-22-19(24)17-13-23(11-12-27-17)28(25,26)18-4-2-1-3-16(18)21/h1-8,17H,9-13H2,(H,22,24)/t17-/m0/s1. The van der Waals surface area contributed by atoms with Crippen LogP contribution in [0.3, 0.4) is 0 Å². The van der Waals surface area contributed by atoms with Crippen LogP contribution in [0.1, 0.15) is 5.56 Å². The van der Waals surface area contributed by atoms with Crippen molar-refractivity contribution in [3.63, 3.8) is 0 Å². The predicted octanol–water partition coefficient (Wildman–Crippen LogP) is 2.74. The Morgan fingerprint density at radius 1 is 1.14 bits per heavy atom. The fourth-order valence-electron chi connectivity index (χ4n) is 2.89. The van der Waals surface area contributed by atoms with E-state index in [1.165, 1.54) is 16.4 Å². The Morgan fingerprint density at radius 2 is 1.86 bits per heavy atom. The number of hydrogen-bond donors (Lipinski definition) is 1. The first-order chi connectivity index (χ1) is 13.4. The molecule has 0 aromatic heterocycles. The van der Waals surface area contributed by atoms with Crippen LogP contribution >= 0.6 is 23.2 Å². The molecule has 1 saturated heterocycles. The lowest BCUT2D eigenvalue weighted by Crippen LogP contribution is -2.51. The molecular formula is C19H20Cl2N2O4S. The summed E-state index contributed by atoms with van der Waals surface area (Å²) in [4.78, 5) is 12.4. The molecule has 9 heteroatoms. The summed E-state index contributed by atoms with van der Waals surface area (Å²) in [6.45, 7) is 0.666. The summed E-state index contributed by atoms with van der Waals surface area (Å²) < 4.78 is 32.4. The average molecular weight is 443 g/mol. The van der Waals surface area contributed by atoms with Crippen LogP contribution in [0.25, 0.3) is 0 Å². The van der Waals surface area contributed by atoms with E-state index in [9.17, 15) is 13.2 Å². The number of sulfonamides is 1. The summed E-state index contributed by atoms with van der Waals surface area (Å²) in [6.07, 6.45) is -0.228. The number of nitrogens with one attached hydrogen (secondary N) is 1. The van der Waals surface area contributed by atoms with Crippen molar-refractivity contribution in [1.29, 1.82) is 0 Å². The van der Waals surface area contributed by atoms with Crippen molar-refractivity contribution in [2.24, 2.45) is 0 Å². The minimum atomic E-state index is -3.80. The van der Waals surface area contributed by atoms with E-state index >= 15 is 0 Å². The molecule has 0 spiro atoms. The Kier molecular flexibility index (Phi) is 6.95. The van der Waals surface area contributed by atoms with Gasteiger partial charge in [0.2, 0.25) is 10.0 Å². The van der Waals surface area contributed by atoms with Gasteiger partial charge in [-0.05, 0) is 36.2 Å². The van der Waals surface area contributed by atoms with Crippen molar-refractivity contribution >= 4 is 39.1 Å². The molecule has 1 atom stereocenters. The van der Waals surface area contributed by atoms with Gasteiger partial charge in [0.1, 0.15) is 11.0 Å². The third-order valence-electron chi connectivity index (χ3n) is 4.40. The van der Waals surface area contributed by atoms with Crippen molar-refractivity contribution in [1.82, 2.24) is 9.62 Å². The molecule has 3 rings (SSSR count). The molecule has 2 aromatic rings. The molecule has 2 aromatic carbocycles. The molecule has 1 N–H and O–H groups in total. The molecule has 28 heavy (non-hydrogen) atoms. The third-order valence-corrected chi connectivity index (χ3v) is 7.02. The van der Waals surface area contributed by atoms with Crippen LogP contribution in [0.5, 0.6) is 0 Å². The normalized spacial score (nSPS) is 18.0. The Bertz CT molecular complexity index is 935. The highest BCUT2D eigenvalue weighted by molar-refractivity contribution is 7.89. The SMILES string of the molecule is O=C(NCCc1ccc(Cl)cc1)[C@@H]1CN(S(=O)(=O)c2ccccc2Cl)CCO1. The number of carbonyl (C=O) groups is 1. The van der Waals surface area contributed by atoms with E-state index in [4.69, 9.17) is 27.9 Å². The second-order valence-electron chi connectivity index (χ2n) is 6.32. The zero-order valence-electron chi connectivity index (χ0n) is 15.0. The molecule has 1 fully saturated rings. The Balaban J connectivity index is 1.59. The van der Waals surface area contributed by atoms with Crippen molar-refractivity contribution < 1.29 is 17.9 Å². The van der Waals surface area contributed by atoms with E-state index < -0.39 is 16.1 Å². The van der Waals surface area contributed by atoms with E-state index in [1.54, 1.807) is 24.3 Å². The monoisotopic (exact) mass is 442 g/mol. The summed E-state index contributed by atoms with van der Waals surface area (Å²) in [7, 11) is -3.80. The van der Waals surface area contributed by atoms with Gasteiger partial charge in [-0.1, -0.05) is 47.5 Å². The topological polar surface area (TPSA) is 75.7 Å². The quantitative estimate of drug-likeness (QED) is 0.745. The first-order valence-electron chi connectivity index (χ1n) is 8.76. The summed E-state index contributed by atoms with van der Waals surface area (Å²) in [5.74, 6) is -0.340. The molecule has 0 unspecified atom stereocenters. The molecule has 0 aliphatic carbocycles. The van der Waals surface area contributed by atoms with Gasteiger partial charge in [-0.25, -0.2) is 8.42 Å². The third kappa shape index (κ3) is 5.04. The number of ether oxygens (including phenoxy) is 1. The van der Waals surface area contributed by atoms with Gasteiger partial charge in [0.05, 0.1) is 11.6 Å². The maximum atomic E-state index is 12.8. The van der Waals surface area contributed by atoms with Gasteiger partial charge in [0, 0.05) is 24.7 Å². The molecule has 0 radical (unpaired) electrons. The fourth-order valence-corrected chi connectivity index (χ4v) is 4.93. The molecule has 1 heterocycles. The van der Waals surface area contributed by atoms with Crippen LogP contribution < -0.4 is 5.32 Å². The van der Waals surface area contributed by atoms with Gasteiger partial charge in [0.25, 0.3) is 5.91 Å². The van der Waals surface area contributed by atoms with Crippen LogP contribution in [0, 0.1) is 0 Å². The second kappa shape index (κ2) is 9.24. The number of halogens is 2. The highest BCUT2D eigenvalue weighted by Gasteiger charge is 2.34. The van der Waals surface area contributed by atoms with Crippen molar-refractivity contribution in [2.45, 2.75) is 17.4 Å².